The van der Waals surface area contributed by atoms with Gasteiger partial charge in [0.1, 0.15) is 11.5 Å². The highest BCUT2D eigenvalue weighted by Gasteiger charge is 2.11. The second kappa shape index (κ2) is 4.76. The van der Waals surface area contributed by atoms with Crippen molar-refractivity contribution in [2.45, 2.75) is 26.8 Å². The highest BCUT2D eigenvalue weighted by molar-refractivity contribution is 5.63. The Hall–Kier alpha value is -1.54. The molecule has 0 spiro atoms. The average Bonchev–Trinajstić information content (AvgIpc) is 2.80. The van der Waals surface area contributed by atoms with Crippen LogP contribution in [0.5, 0.6) is 0 Å². The molecule has 1 aromatic carbocycles. The Morgan fingerprint density at radius 1 is 1.12 bits per heavy atom. The summed E-state index contributed by atoms with van der Waals surface area (Å²) in [6, 6.07) is 10.8. The Morgan fingerprint density at radius 3 is 2.59 bits per heavy atom. The summed E-state index contributed by atoms with van der Waals surface area (Å²) < 4.78 is 5.90. The first-order chi connectivity index (χ1) is 8.11. The molecule has 2 heteroatoms. The van der Waals surface area contributed by atoms with Crippen molar-refractivity contribution in [3.63, 3.8) is 0 Å². The molecule has 0 saturated carbocycles. The van der Waals surface area contributed by atoms with E-state index in [2.05, 4.69) is 44.3 Å². The van der Waals surface area contributed by atoms with Gasteiger partial charge in [-0.1, -0.05) is 17.7 Å². The van der Waals surface area contributed by atoms with E-state index in [-0.39, 0.29) is 6.04 Å². The van der Waals surface area contributed by atoms with Crippen molar-refractivity contribution in [1.82, 2.24) is 5.32 Å². The van der Waals surface area contributed by atoms with E-state index in [1.807, 2.05) is 19.2 Å². The molecule has 1 atom stereocenters. The molecule has 1 unspecified atom stereocenters. The van der Waals surface area contributed by atoms with Gasteiger partial charge in [0.15, 0.2) is 0 Å². The lowest BCUT2D eigenvalue weighted by atomic mass is 10.0. The van der Waals surface area contributed by atoms with Crippen LogP contribution in [0.25, 0.3) is 11.3 Å². The normalized spacial score (nSPS) is 12.7. The molecule has 2 rings (SSSR count). The molecule has 17 heavy (non-hydrogen) atoms. The van der Waals surface area contributed by atoms with E-state index >= 15 is 0 Å². The van der Waals surface area contributed by atoms with Crippen molar-refractivity contribution in [2.75, 3.05) is 7.05 Å². The molecule has 0 amide bonds. The predicted molar refractivity (Wildman–Crippen MR) is 71.1 cm³/mol. The summed E-state index contributed by atoms with van der Waals surface area (Å²) in [5.74, 6) is 1.92. The minimum atomic E-state index is 0.244. The van der Waals surface area contributed by atoms with Gasteiger partial charge < -0.3 is 9.73 Å². The van der Waals surface area contributed by atoms with Gasteiger partial charge in [0.05, 0.1) is 6.04 Å². The van der Waals surface area contributed by atoms with Crippen LogP contribution in [0.15, 0.2) is 34.7 Å². The summed E-state index contributed by atoms with van der Waals surface area (Å²) in [5.41, 5.74) is 3.68. The number of furan rings is 1. The van der Waals surface area contributed by atoms with Crippen LogP contribution < -0.4 is 5.32 Å². The summed E-state index contributed by atoms with van der Waals surface area (Å²) in [6.45, 7) is 6.30. The maximum atomic E-state index is 5.90. The van der Waals surface area contributed by atoms with Crippen LogP contribution in [-0.2, 0) is 0 Å². The maximum absolute atomic E-state index is 5.90. The first kappa shape index (κ1) is 11.9. The Balaban J connectivity index is 2.40. The van der Waals surface area contributed by atoms with E-state index in [0.717, 1.165) is 11.5 Å². The standard InChI is InChI=1S/C15H19NO/c1-10-5-6-11(2)13(9-10)15-8-7-14(17-15)12(3)16-4/h5-9,12,16H,1-4H3. The van der Waals surface area contributed by atoms with Gasteiger partial charge in [0.2, 0.25) is 0 Å². The minimum absolute atomic E-state index is 0.244. The van der Waals surface area contributed by atoms with Gasteiger partial charge in [-0.05, 0) is 51.6 Å². The zero-order chi connectivity index (χ0) is 12.4. The lowest BCUT2D eigenvalue weighted by Crippen LogP contribution is -2.11. The third-order valence-electron chi connectivity index (χ3n) is 3.15. The van der Waals surface area contributed by atoms with Crippen molar-refractivity contribution >= 4 is 0 Å². The molecule has 1 aromatic heterocycles. The summed E-state index contributed by atoms with van der Waals surface area (Å²) in [5, 5.41) is 3.18. The van der Waals surface area contributed by atoms with Gasteiger partial charge >= 0.3 is 0 Å². The fourth-order valence-electron chi connectivity index (χ4n) is 1.87. The zero-order valence-electron chi connectivity index (χ0n) is 10.9. The molecule has 0 radical (unpaired) electrons. The van der Waals surface area contributed by atoms with E-state index in [4.69, 9.17) is 4.42 Å². The minimum Gasteiger partial charge on any atom is -0.459 e. The van der Waals surface area contributed by atoms with Crippen LogP contribution in [0, 0.1) is 13.8 Å². The van der Waals surface area contributed by atoms with Crippen LogP contribution in [0.3, 0.4) is 0 Å². The molecular formula is C15H19NO. The Bertz CT molecular complexity index is 513. The fourth-order valence-corrected chi connectivity index (χ4v) is 1.87. The molecule has 0 bridgehead atoms. The first-order valence-electron chi connectivity index (χ1n) is 5.96. The third-order valence-corrected chi connectivity index (χ3v) is 3.15. The molecule has 1 N–H and O–H groups in total. The SMILES string of the molecule is CNC(C)c1ccc(-c2cc(C)ccc2C)o1. The molecule has 90 valence electrons. The molecule has 1 heterocycles. The number of benzene rings is 1. The predicted octanol–water partition coefficient (Wildman–Crippen LogP) is 3.84. The molecule has 0 aliphatic heterocycles. The van der Waals surface area contributed by atoms with Crippen LogP contribution in [0.4, 0.5) is 0 Å². The highest BCUT2D eigenvalue weighted by Crippen LogP contribution is 2.28. The molecule has 2 aromatic rings. The molecule has 0 aliphatic carbocycles. The van der Waals surface area contributed by atoms with Gasteiger partial charge in [-0.2, -0.15) is 0 Å². The molecule has 2 nitrogen and oxygen atoms in total. The van der Waals surface area contributed by atoms with E-state index < -0.39 is 0 Å². The molecule has 0 aliphatic rings. The summed E-state index contributed by atoms with van der Waals surface area (Å²) in [4.78, 5) is 0. The monoisotopic (exact) mass is 229 g/mol. The van der Waals surface area contributed by atoms with E-state index in [9.17, 15) is 0 Å². The number of nitrogens with one attached hydrogen (secondary N) is 1. The Kier molecular flexibility index (Phi) is 3.34. The smallest absolute Gasteiger partial charge is 0.134 e. The lowest BCUT2D eigenvalue weighted by molar-refractivity contribution is 0.458. The van der Waals surface area contributed by atoms with Gasteiger partial charge in [-0.3, -0.25) is 0 Å². The second-order valence-corrected chi connectivity index (χ2v) is 4.53. The third kappa shape index (κ3) is 2.42. The molecule has 0 saturated heterocycles. The Labute approximate surface area is 103 Å². The second-order valence-electron chi connectivity index (χ2n) is 4.53. The quantitative estimate of drug-likeness (QED) is 0.865. The van der Waals surface area contributed by atoms with E-state index in [1.54, 1.807) is 0 Å². The van der Waals surface area contributed by atoms with Crippen molar-refractivity contribution in [2.24, 2.45) is 0 Å². The summed E-state index contributed by atoms with van der Waals surface area (Å²) >= 11 is 0. The number of aryl methyl sites for hydroxylation is 2. The van der Waals surface area contributed by atoms with Gasteiger partial charge in [0.25, 0.3) is 0 Å². The van der Waals surface area contributed by atoms with E-state index in [1.165, 1.54) is 16.7 Å². The summed E-state index contributed by atoms with van der Waals surface area (Å²) in [6.07, 6.45) is 0. The highest BCUT2D eigenvalue weighted by atomic mass is 16.3. The topological polar surface area (TPSA) is 25.2 Å². The largest absolute Gasteiger partial charge is 0.459 e. The molecule has 0 fully saturated rings. The van der Waals surface area contributed by atoms with Crippen LogP contribution >= 0.6 is 0 Å². The van der Waals surface area contributed by atoms with Crippen LogP contribution in [0.1, 0.15) is 29.9 Å². The molecular weight excluding hydrogens is 210 g/mol. The van der Waals surface area contributed by atoms with Crippen molar-refractivity contribution in [3.05, 3.63) is 47.2 Å². The first-order valence-corrected chi connectivity index (χ1v) is 5.96. The fraction of sp³-hybridized carbons (Fsp3) is 0.333. The van der Waals surface area contributed by atoms with Crippen molar-refractivity contribution in [3.8, 4) is 11.3 Å². The zero-order valence-corrected chi connectivity index (χ0v) is 10.9. The van der Waals surface area contributed by atoms with Crippen LogP contribution in [0.2, 0.25) is 0 Å². The average molecular weight is 229 g/mol. The maximum Gasteiger partial charge on any atom is 0.134 e. The Morgan fingerprint density at radius 2 is 1.88 bits per heavy atom. The van der Waals surface area contributed by atoms with Crippen molar-refractivity contribution < 1.29 is 4.42 Å². The number of hydrogen-bond acceptors (Lipinski definition) is 2. The van der Waals surface area contributed by atoms with Crippen molar-refractivity contribution in [1.29, 1.82) is 0 Å². The van der Waals surface area contributed by atoms with Gasteiger partial charge in [-0.15, -0.1) is 0 Å². The van der Waals surface area contributed by atoms with Crippen LogP contribution in [-0.4, -0.2) is 7.05 Å². The summed E-state index contributed by atoms with van der Waals surface area (Å²) in [7, 11) is 1.94. The lowest BCUT2D eigenvalue weighted by Gasteiger charge is -2.07. The number of hydrogen-bond donors (Lipinski definition) is 1. The van der Waals surface area contributed by atoms with Gasteiger partial charge in [0, 0.05) is 5.56 Å². The number of rotatable bonds is 3. The van der Waals surface area contributed by atoms with E-state index in [0.29, 0.717) is 0 Å². The van der Waals surface area contributed by atoms with Gasteiger partial charge in [-0.25, -0.2) is 0 Å².